The van der Waals surface area contributed by atoms with Gasteiger partial charge < -0.3 is 4.74 Å². The fourth-order valence-electron chi connectivity index (χ4n) is 0.256. The molecular formula is C4H8N2O3. The molecule has 0 aliphatic carbocycles. The van der Waals surface area contributed by atoms with Crippen LogP contribution in [0.25, 0.3) is 0 Å². The van der Waals surface area contributed by atoms with Crippen LogP contribution in [0.15, 0.2) is 0 Å². The van der Waals surface area contributed by atoms with Crippen LogP contribution in [0.5, 0.6) is 0 Å². The van der Waals surface area contributed by atoms with Crippen molar-refractivity contribution in [3.8, 4) is 0 Å². The Hall–Kier alpha value is -1.10. The summed E-state index contributed by atoms with van der Waals surface area (Å²) in [7, 11) is 0. The maximum absolute atomic E-state index is 10.3. The number of ether oxygens (including phenoxy) is 1. The molecule has 0 spiro atoms. The van der Waals surface area contributed by atoms with E-state index in [-0.39, 0.29) is 6.61 Å². The lowest BCUT2D eigenvalue weighted by molar-refractivity contribution is -0.154. The number of amides is 1. The molecule has 0 bridgehead atoms. The number of rotatable bonds is 1. The lowest BCUT2D eigenvalue weighted by Crippen LogP contribution is -2.37. The van der Waals surface area contributed by atoms with Gasteiger partial charge in [-0.25, -0.2) is 10.6 Å². The summed E-state index contributed by atoms with van der Waals surface area (Å²) in [6.45, 7) is 1.77. The Morgan fingerprint density at radius 1 is 1.67 bits per heavy atom. The Morgan fingerprint density at radius 2 is 2.22 bits per heavy atom. The zero-order valence-electron chi connectivity index (χ0n) is 5.01. The van der Waals surface area contributed by atoms with Crippen LogP contribution >= 0.6 is 0 Å². The molecule has 0 aromatic carbocycles. The van der Waals surface area contributed by atoms with Gasteiger partial charge in [0.25, 0.3) is 0 Å². The molecule has 0 radical (unpaired) electrons. The molecule has 5 heteroatoms. The van der Waals surface area contributed by atoms with Gasteiger partial charge in [-0.1, -0.05) is 0 Å². The monoisotopic (exact) mass is 132 g/mol. The highest BCUT2D eigenvalue weighted by molar-refractivity contribution is 6.32. The molecular weight excluding hydrogens is 124 g/mol. The van der Waals surface area contributed by atoms with Gasteiger partial charge in [0, 0.05) is 0 Å². The van der Waals surface area contributed by atoms with Crippen LogP contribution in [-0.2, 0) is 14.3 Å². The second-order valence-electron chi connectivity index (χ2n) is 1.19. The normalized spacial score (nSPS) is 8.22. The summed E-state index contributed by atoms with van der Waals surface area (Å²) in [4.78, 5) is 20.5. The summed E-state index contributed by atoms with van der Waals surface area (Å²) in [5.41, 5.74) is 1.64. The van der Waals surface area contributed by atoms with Crippen molar-refractivity contribution in [2.24, 2.45) is 5.84 Å². The lowest BCUT2D eigenvalue weighted by atomic mass is 10.6. The van der Waals surface area contributed by atoms with Crippen LogP contribution in [0, 0.1) is 0 Å². The molecule has 0 heterocycles. The highest BCUT2D eigenvalue weighted by Crippen LogP contribution is 1.74. The van der Waals surface area contributed by atoms with E-state index in [0.717, 1.165) is 0 Å². The largest absolute Gasteiger partial charge is 0.459 e. The Labute approximate surface area is 52.1 Å². The van der Waals surface area contributed by atoms with E-state index in [4.69, 9.17) is 0 Å². The maximum atomic E-state index is 10.3. The number of carbonyl (C=O) groups excluding carboxylic acids is 2. The smallest absolute Gasteiger partial charge is 0.398 e. The summed E-state index contributed by atoms with van der Waals surface area (Å²) in [5.74, 6) is 2.71. The number of hydrogen-bond acceptors (Lipinski definition) is 4. The predicted octanol–water partition coefficient (Wildman–Crippen LogP) is -1.46. The molecule has 0 aromatic heterocycles. The van der Waals surface area contributed by atoms with E-state index in [9.17, 15) is 9.59 Å². The first-order valence-electron chi connectivity index (χ1n) is 2.40. The lowest BCUT2D eigenvalue weighted by Gasteiger charge is -1.96. The van der Waals surface area contributed by atoms with Gasteiger partial charge in [0.2, 0.25) is 0 Å². The van der Waals surface area contributed by atoms with E-state index < -0.39 is 11.9 Å². The summed E-state index contributed by atoms with van der Waals surface area (Å²) in [6, 6.07) is 0. The third-order valence-electron chi connectivity index (χ3n) is 0.592. The first-order chi connectivity index (χ1) is 4.22. The van der Waals surface area contributed by atoms with Gasteiger partial charge in [0.15, 0.2) is 0 Å². The minimum absolute atomic E-state index is 0.173. The quantitative estimate of drug-likeness (QED) is 0.150. The highest BCUT2D eigenvalue weighted by Gasteiger charge is 2.10. The average molecular weight is 132 g/mol. The number of nitrogens with one attached hydrogen (secondary N) is 1. The number of hydrazine groups is 1. The van der Waals surface area contributed by atoms with Crippen molar-refractivity contribution < 1.29 is 14.3 Å². The molecule has 0 aliphatic heterocycles. The van der Waals surface area contributed by atoms with Crippen LogP contribution in [0.1, 0.15) is 6.92 Å². The van der Waals surface area contributed by atoms with Crippen molar-refractivity contribution in [1.82, 2.24) is 5.43 Å². The summed E-state index contributed by atoms with van der Waals surface area (Å²) >= 11 is 0. The molecule has 0 rings (SSSR count). The van der Waals surface area contributed by atoms with Gasteiger partial charge >= 0.3 is 11.9 Å². The molecule has 0 aromatic rings. The minimum atomic E-state index is -0.958. The Bertz CT molecular complexity index is 123. The molecule has 0 aliphatic rings. The summed E-state index contributed by atoms with van der Waals surface area (Å²) in [6.07, 6.45) is 0. The third-order valence-corrected chi connectivity index (χ3v) is 0.592. The van der Waals surface area contributed by atoms with Gasteiger partial charge in [-0.15, -0.1) is 0 Å². The van der Waals surface area contributed by atoms with Crippen molar-refractivity contribution in [2.75, 3.05) is 6.61 Å². The topological polar surface area (TPSA) is 81.4 Å². The predicted molar refractivity (Wildman–Crippen MR) is 29.0 cm³/mol. The molecule has 3 N–H and O–H groups in total. The molecule has 5 nitrogen and oxygen atoms in total. The first-order valence-corrected chi connectivity index (χ1v) is 2.40. The van der Waals surface area contributed by atoms with Gasteiger partial charge in [0.1, 0.15) is 0 Å². The standard InChI is InChI=1S/C4H8N2O3/c1-2-9-4(8)3(7)6-5/h2,5H2,1H3,(H,6,7). The zero-order valence-corrected chi connectivity index (χ0v) is 5.01. The molecule has 0 unspecified atom stereocenters. The molecule has 0 fully saturated rings. The third kappa shape index (κ3) is 2.65. The van der Waals surface area contributed by atoms with E-state index >= 15 is 0 Å². The van der Waals surface area contributed by atoms with Gasteiger partial charge in [-0.05, 0) is 6.92 Å². The van der Waals surface area contributed by atoms with Crippen LogP contribution in [-0.4, -0.2) is 18.5 Å². The van der Waals surface area contributed by atoms with Gasteiger partial charge in [-0.2, -0.15) is 0 Å². The van der Waals surface area contributed by atoms with E-state index in [0.29, 0.717) is 0 Å². The number of carbonyl (C=O) groups is 2. The maximum Gasteiger partial charge on any atom is 0.398 e. The average Bonchev–Trinajstić information content (AvgIpc) is 1.87. The second-order valence-corrected chi connectivity index (χ2v) is 1.19. The highest BCUT2D eigenvalue weighted by atomic mass is 16.5. The van der Waals surface area contributed by atoms with Crippen LogP contribution in [0.4, 0.5) is 0 Å². The Kier molecular flexibility index (Phi) is 3.38. The molecule has 52 valence electrons. The van der Waals surface area contributed by atoms with Crippen LogP contribution < -0.4 is 11.3 Å². The molecule has 0 saturated carbocycles. The molecule has 0 saturated heterocycles. The Morgan fingerprint density at radius 3 is 2.56 bits per heavy atom. The van der Waals surface area contributed by atoms with E-state index in [1.807, 2.05) is 0 Å². The van der Waals surface area contributed by atoms with Crippen LogP contribution in [0.2, 0.25) is 0 Å². The molecule has 9 heavy (non-hydrogen) atoms. The summed E-state index contributed by atoms with van der Waals surface area (Å²) < 4.78 is 4.26. The number of esters is 1. The van der Waals surface area contributed by atoms with Crippen molar-refractivity contribution in [3.63, 3.8) is 0 Å². The van der Waals surface area contributed by atoms with E-state index in [1.165, 1.54) is 0 Å². The summed E-state index contributed by atoms with van der Waals surface area (Å²) in [5, 5.41) is 0. The van der Waals surface area contributed by atoms with Crippen molar-refractivity contribution >= 4 is 11.9 Å². The van der Waals surface area contributed by atoms with Gasteiger partial charge in [-0.3, -0.25) is 10.2 Å². The number of hydrogen-bond donors (Lipinski definition) is 2. The van der Waals surface area contributed by atoms with Crippen molar-refractivity contribution in [1.29, 1.82) is 0 Å². The molecule has 1 amide bonds. The second kappa shape index (κ2) is 3.85. The van der Waals surface area contributed by atoms with Gasteiger partial charge in [0.05, 0.1) is 6.61 Å². The zero-order chi connectivity index (χ0) is 7.28. The van der Waals surface area contributed by atoms with E-state index in [2.05, 4.69) is 10.6 Å². The Balaban J connectivity index is 3.60. The fraction of sp³-hybridized carbons (Fsp3) is 0.500. The minimum Gasteiger partial charge on any atom is -0.459 e. The van der Waals surface area contributed by atoms with E-state index in [1.54, 1.807) is 12.3 Å². The SMILES string of the molecule is CCOC(=O)C(=O)NN. The number of nitrogens with two attached hydrogens (primary N) is 1. The van der Waals surface area contributed by atoms with Crippen LogP contribution in [0.3, 0.4) is 0 Å². The fourth-order valence-corrected chi connectivity index (χ4v) is 0.256. The first kappa shape index (κ1) is 7.90. The van der Waals surface area contributed by atoms with Crippen molar-refractivity contribution in [3.05, 3.63) is 0 Å². The van der Waals surface area contributed by atoms with Crippen molar-refractivity contribution in [2.45, 2.75) is 6.92 Å². The molecule has 0 atom stereocenters.